The molecule has 5 rings (SSSR count). The van der Waals surface area contributed by atoms with E-state index >= 15 is 0 Å². The third-order valence-corrected chi connectivity index (χ3v) is 11.0. The number of fused-ring (bicyclic) bond motifs is 1. The van der Waals surface area contributed by atoms with Gasteiger partial charge in [0.25, 0.3) is 5.91 Å². The summed E-state index contributed by atoms with van der Waals surface area (Å²) in [6.07, 6.45) is 1.78. The van der Waals surface area contributed by atoms with Crippen LogP contribution in [-0.4, -0.2) is 104 Å². The van der Waals surface area contributed by atoms with E-state index in [1.807, 2.05) is 29.8 Å². The van der Waals surface area contributed by atoms with Crippen LogP contribution in [0.25, 0.3) is 10.8 Å². The Labute approximate surface area is 322 Å². The summed E-state index contributed by atoms with van der Waals surface area (Å²) in [5.74, 6) is -1.61. The van der Waals surface area contributed by atoms with Crippen molar-refractivity contribution in [1.29, 1.82) is 0 Å². The summed E-state index contributed by atoms with van der Waals surface area (Å²) in [4.78, 5) is 61.3. The molecule has 55 heavy (non-hydrogen) atoms. The third kappa shape index (κ3) is 10.4. The zero-order chi connectivity index (χ0) is 40.6. The number of likely N-dealkylation sites (tertiary alicyclic amines) is 1. The Bertz CT molecular complexity index is 1890. The number of nitrogens with zero attached hydrogens (tertiary/aromatic N) is 2. The second-order valence-electron chi connectivity index (χ2n) is 17.0. The molecule has 4 amide bonds. The number of rotatable bonds is 15. The van der Waals surface area contributed by atoms with Gasteiger partial charge in [-0.05, 0) is 87.9 Å². The molecule has 304 valence electrons. The second kappa shape index (κ2) is 15.7. The zero-order valence-electron chi connectivity index (χ0n) is 33.1. The Morgan fingerprint density at radius 3 is 2.36 bits per heavy atom. The first kappa shape index (κ1) is 41.9. The van der Waals surface area contributed by atoms with Gasteiger partial charge >= 0.3 is 16.4 Å². The van der Waals surface area contributed by atoms with Gasteiger partial charge in [0, 0.05) is 25.1 Å². The van der Waals surface area contributed by atoms with Crippen LogP contribution in [0.1, 0.15) is 87.5 Å². The quantitative estimate of drug-likeness (QED) is 0.221. The van der Waals surface area contributed by atoms with E-state index in [0.29, 0.717) is 43.6 Å². The van der Waals surface area contributed by atoms with Gasteiger partial charge in [-0.15, -0.1) is 0 Å². The Balaban J connectivity index is 1.42. The molecule has 2 saturated carbocycles. The molecule has 3 aliphatic rings. The molecule has 16 nitrogen and oxygen atoms in total. The molecule has 1 saturated heterocycles. The van der Waals surface area contributed by atoms with E-state index in [1.54, 1.807) is 67.8 Å². The lowest BCUT2D eigenvalue weighted by Gasteiger charge is -2.36. The van der Waals surface area contributed by atoms with Gasteiger partial charge in [0.1, 0.15) is 41.7 Å². The van der Waals surface area contributed by atoms with E-state index in [0.717, 1.165) is 5.39 Å². The number of benzene rings is 1. The molecule has 0 bridgehead atoms. The minimum Gasteiger partial charge on any atom is -0.491 e. The maximum Gasteiger partial charge on any atom is 0.408 e. The standard InChI is InChI=1S/C38H55N5O11S/c1-10-24-21-38(24,33(46)42-55(48,49)54-37(8)14-15-37)41-30(44)28-20-26(22-43(28)32(45)29(35(2,3)4)40-34(47)53-36(5,6)7)52-31-27-12-11-25(51-18-17-50-9)19-23(27)13-16-39-31/h11-13,16,19,24,26,28-29H,10,14-15,17-18,20-22H2,1-9H3,(H,40,47)(H,41,44)(H,42,46)/t24-,26-,28+,29-,38-/m1/s1. The number of hydrogen-bond donors (Lipinski definition) is 3. The van der Waals surface area contributed by atoms with E-state index in [4.69, 9.17) is 23.1 Å². The van der Waals surface area contributed by atoms with Gasteiger partial charge in [0.2, 0.25) is 17.7 Å². The molecule has 3 N–H and O–H groups in total. The summed E-state index contributed by atoms with van der Waals surface area (Å²) in [5, 5.41) is 6.98. The number of amides is 4. The minimum atomic E-state index is -4.46. The Kier molecular flexibility index (Phi) is 12.0. The van der Waals surface area contributed by atoms with Crippen molar-refractivity contribution in [2.45, 2.75) is 122 Å². The third-order valence-electron chi connectivity index (χ3n) is 9.99. The Morgan fingerprint density at radius 2 is 1.76 bits per heavy atom. The Morgan fingerprint density at radius 1 is 1.05 bits per heavy atom. The SMILES string of the molecule is CC[C@@H]1C[C@]1(NC(=O)[C@@H]1C[C@@H](Oc2nccc3cc(OCCOC)ccc23)CN1C(=O)[C@@H](NC(=O)OC(C)(C)C)C(C)(C)C)C(=O)NS(=O)(=O)OC1(C)CC1. The number of pyridine rings is 1. The van der Waals surface area contributed by atoms with Gasteiger partial charge in [0.15, 0.2) is 0 Å². The van der Waals surface area contributed by atoms with Crippen molar-refractivity contribution >= 4 is 44.9 Å². The molecule has 0 spiro atoms. The molecule has 1 aliphatic heterocycles. The number of carbonyl (C=O) groups excluding carboxylic acids is 4. The number of alkyl carbamates (subject to hydrolysis) is 1. The Hall–Kier alpha value is -4.22. The molecule has 2 heterocycles. The number of carbonyl (C=O) groups is 4. The summed E-state index contributed by atoms with van der Waals surface area (Å²) < 4.78 is 55.5. The van der Waals surface area contributed by atoms with E-state index in [2.05, 4.69) is 15.6 Å². The van der Waals surface area contributed by atoms with Crippen LogP contribution in [-0.2, 0) is 38.3 Å². The maximum atomic E-state index is 14.5. The van der Waals surface area contributed by atoms with E-state index in [-0.39, 0.29) is 31.2 Å². The van der Waals surface area contributed by atoms with Crippen molar-refractivity contribution in [2.24, 2.45) is 11.3 Å². The van der Waals surface area contributed by atoms with Crippen molar-refractivity contribution in [2.75, 3.05) is 26.9 Å². The average molecular weight is 790 g/mol. The van der Waals surface area contributed by atoms with Crippen molar-refractivity contribution in [3.8, 4) is 11.6 Å². The predicted octanol–water partition coefficient (Wildman–Crippen LogP) is 3.76. The molecule has 2 aliphatic carbocycles. The van der Waals surface area contributed by atoms with Gasteiger partial charge in [0.05, 0.1) is 18.8 Å². The van der Waals surface area contributed by atoms with E-state index in [1.165, 1.54) is 4.90 Å². The topological polar surface area (TPSA) is 201 Å². The van der Waals surface area contributed by atoms with Crippen molar-refractivity contribution in [1.82, 2.24) is 25.2 Å². The van der Waals surface area contributed by atoms with Gasteiger partial charge in [-0.25, -0.2) is 18.7 Å². The first-order valence-electron chi connectivity index (χ1n) is 18.7. The summed E-state index contributed by atoms with van der Waals surface area (Å²) >= 11 is 0. The number of nitrogens with one attached hydrogen (secondary N) is 3. The maximum absolute atomic E-state index is 14.5. The molecule has 17 heteroatoms. The van der Waals surface area contributed by atoms with E-state index in [9.17, 15) is 27.6 Å². The molecular weight excluding hydrogens is 735 g/mol. The molecule has 5 atom stereocenters. The number of ether oxygens (including phenoxy) is 4. The zero-order valence-corrected chi connectivity index (χ0v) is 34.0. The van der Waals surface area contributed by atoms with Crippen LogP contribution < -0.4 is 24.8 Å². The lowest BCUT2D eigenvalue weighted by atomic mass is 9.85. The minimum absolute atomic E-state index is 0.00537. The fourth-order valence-electron chi connectivity index (χ4n) is 6.69. The second-order valence-corrected chi connectivity index (χ2v) is 18.2. The van der Waals surface area contributed by atoms with Crippen LogP contribution in [0.5, 0.6) is 11.6 Å². The summed E-state index contributed by atoms with van der Waals surface area (Å²) in [5.41, 5.74) is -4.08. The first-order valence-corrected chi connectivity index (χ1v) is 20.1. The van der Waals surface area contributed by atoms with Gasteiger partial charge in [-0.2, -0.15) is 8.42 Å². The molecule has 0 unspecified atom stereocenters. The fraction of sp³-hybridized carbons (Fsp3) is 0.658. The van der Waals surface area contributed by atoms with Gasteiger partial charge in [-0.1, -0.05) is 34.1 Å². The molecule has 2 aromatic rings. The molecule has 1 aromatic carbocycles. The predicted molar refractivity (Wildman–Crippen MR) is 201 cm³/mol. The average Bonchev–Trinajstić information content (AvgIpc) is 3.94. The monoisotopic (exact) mass is 789 g/mol. The molecule has 3 fully saturated rings. The smallest absolute Gasteiger partial charge is 0.408 e. The van der Waals surface area contributed by atoms with Gasteiger partial charge < -0.3 is 34.5 Å². The van der Waals surface area contributed by atoms with Crippen LogP contribution in [0.3, 0.4) is 0 Å². The highest BCUT2D eigenvalue weighted by atomic mass is 32.2. The fourth-order valence-corrected chi connectivity index (χ4v) is 7.84. The van der Waals surface area contributed by atoms with Crippen LogP contribution in [0.4, 0.5) is 4.79 Å². The molecule has 1 aromatic heterocycles. The normalized spacial score (nSPS) is 23.7. The van der Waals surface area contributed by atoms with Crippen LogP contribution in [0, 0.1) is 11.3 Å². The lowest BCUT2D eigenvalue weighted by Crippen LogP contribution is -2.60. The van der Waals surface area contributed by atoms with Crippen molar-refractivity contribution < 1.29 is 50.7 Å². The van der Waals surface area contributed by atoms with Crippen LogP contribution in [0.2, 0.25) is 0 Å². The summed E-state index contributed by atoms with van der Waals surface area (Å²) in [6.45, 7) is 14.6. The van der Waals surface area contributed by atoms with E-state index < -0.39 is 74.5 Å². The molecular formula is C38H55N5O11S. The summed E-state index contributed by atoms with van der Waals surface area (Å²) in [6, 6.07) is 4.95. The van der Waals surface area contributed by atoms with Crippen LogP contribution in [0.15, 0.2) is 30.5 Å². The van der Waals surface area contributed by atoms with Crippen LogP contribution >= 0.6 is 0 Å². The number of methoxy groups -OCH3 is 1. The number of hydrogen-bond acceptors (Lipinski definition) is 12. The molecule has 0 radical (unpaired) electrons. The summed E-state index contributed by atoms with van der Waals surface area (Å²) in [7, 11) is -2.87. The highest BCUT2D eigenvalue weighted by Crippen LogP contribution is 2.47. The van der Waals surface area contributed by atoms with Crippen molar-refractivity contribution in [3.63, 3.8) is 0 Å². The van der Waals surface area contributed by atoms with Gasteiger partial charge in [-0.3, -0.25) is 14.4 Å². The van der Waals surface area contributed by atoms with Crippen molar-refractivity contribution in [3.05, 3.63) is 30.5 Å². The highest BCUT2D eigenvalue weighted by molar-refractivity contribution is 7.85. The number of aromatic nitrogens is 1. The highest BCUT2D eigenvalue weighted by Gasteiger charge is 2.62. The lowest BCUT2D eigenvalue weighted by molar-refractivity contribution is -0.143. The largest absolute Gasteiger partial charge is 0.491 e. The first-order chi connectivity index (χ1) is 25.6.